The second-order valence-corrected chi connectivity index (χ2v) is 6.07. The molecule has 0 spiro atoms. The Balaban J connectivity index is 1.90. The summed E-state index contributed by atoms with van der Waals surface area (Å²) in [5.74, 6) is -0.229. The Morgan fingerprint density at radius 3 is 2.16 bits per heavy atom. The maximum atomic E-state index is 12.1. The summed E-state index contributed by atoms with van der Waals surface area (Å²) in [7, 11) is 0. The minimum Gasteiger partial charge on any atom is -0.484 e. The van der Waals surface area contributed by atoms with Crippen molar-refractivity contribution in [1.82, 2.24) is 0 Å². The van der Waals surface area contributed by atoms with Gasteiger partial charge in [0.15, 0.2) is 6.61 Å². The Hall–Kier alpha value is -2.22. The molecule has 134 valence electrons. The van der Waals surface area contributed by atoms with Gasteiger partial charge in [0, 0.05) is 10.2 Å². The molecule has 1 N–H and O–H groups in total. The number of aryl methyl sites for hydroxylation is 2. The normalized spacial score (nSPS) is 11.1. The van der Waals surface area contributed by atoms with E-state index in [0.29, 0.717) is 11.4 Å². The summed E-state index contributed by atoms with van der Waals surface area (Å²) >= 11 is 3.45. The van der Waals surface area contributed by atoms with Gasteiger partial charge in [0.25, 0.3) is 5.91 Å². The third-order valence-corrected chi connectivity index (χ3v) is 4.40. The summed E-state index contributed by atoms with van der Waals surface area (Å²) in [6.45, 7) is 3.60. The van der Waals surface area contributed by atoms with Crippen molar-refractivity contribution in [2.75, 3.05) is 11.9 Å². The Kier molecular flexibility index (Phi) is 5.94. The van der Waals surface area contributed by atoms with Crippen LogP contribution >= 0.6 is 15.9 Å². The smallest absolute Gasteiger partial charge is 0.484 e. The molecular formula is C17H15BrF3NO3. The van der Waals surface area contributed by atoms with E-state index in [9.17, 15) is 18.0 Å². The van der Waals surface area contributed by atoms with E-state index < -0.39 is 12.3 Å². The summed E-state index contributed by atoms with van der Waals surface area (Å²) in [6.07, 6.45) is -4.75. The van der Waals surface area contributed by atoms with Gasteiger partial charge in [0.05, 0.1) is 0 Å². The van der Waals surface area contributed by atoms with Gasteiger partial charge >= 0.3 is 6.36 Å². The first-order chi connectivity index (χ1) is 11.6. The number of ether oxygens (including phenoxy) is 2. The van der Waals surface area contributed by atoms with Gasteiger partial charge in [-0.3, -0.25) is 4.79 Å². The summed E-state index contributed by atoms with van der Waals surface area (Å²) in [6, 6.07) is 8.46. The van der Waals surface area contributed by atoms with Crippen molar-refractivity contribution in [1.29, 1.82) is 0 Å². The van der Waals surface area contributed by atoms with E-state index in [1.165, 1.54) is 12.1 Å². The van der Waals surface area contributed by atoms with Crippen molar-refractivity contribution < 1.29 is 27.4 Å². The zero-order valence-electron chi connectivity index (χ0n) is 13.4. The van der Waals surface area contributed by atoms with E-state index >= 15 is 0 Å². The number of carbonyl (C=O) groups excluding carboxylic acids is 1. The van der Waals surface area contributed by atoms with Gasteiger partial charge < -0.3 is 14.8 Å². The molecule has 0 radical (unpaired) electrons. The summed E-state index contributed by atoms with van der Waals surface area (Å²) in [5.41, 5.74) is 2.30. The van der Waals surface area contributed by atoms with Crippen LogP contribution in [-0.2, 0) is 4.79 Å². The Labute approximate surface area is 151 Å². The van der Waals surface area contributed by atoms with Crippen molar-refractivity contribution in [3.8, 4) is 11.5 Å². The molecule has 0 saturated heterocycles. The van der Waals surface area contributed by atoms with Crippen molar-refractivity contribution in [3.05, 3.63) is 52.0 Å². The van der Waals surface area contributed by atoms with E-state index in [1.807, 2.05) is 13.8 Å². The van der Waals surface area contributed by atoms with Crippen LogP contribution in [0.5, 0.6) is 11.5 Å². The Morgan fingerprint density at radius 1 is 1.08 bits per heavy atom. The molecule has 8 heteroatoms. The second kappa shape index (κ2) is 7.77. The molecule has 0 aromatic heterocycles. The third kappa shape index (κ3) is 5.97. The summed E-state index contributed by atoms with van der Waals surface area (Å²) < 4.78 is 46.4. The van der Waals surface area contributed by atoms with E-state index in [-0.39, 0.29) is 12.4 Å². The highest BCUT2D eigenvalue weighted by Gasteiger charge is 2.30. The first kappa shape index (κ1) is 19.1. The number of alkyl halides is 3. The molecule has 4 nitrogen and oxygen atoms in total. The fourth-order valence-electron chi connectivity index (χ4n) is 2.08. The maximum Gasteiger partial charge on any atom is 0.573 e. The van der Waals surface area contributed by atoms with Gasteiger partial charge in [-0.05, 0) is 61.4 Å². The molecular weight excluding hydrogens is 403 g/mol. The maximum absolute atomic E-state index is 12.1. The minimum absolute atomic E-state index is 0.221. The number of hydrogen-bond acceptors (Lipinski definition) is 3. The number of hydrogen-bond donors (Lipinski definition) is 1. The molecule has 0 fully saturated rings. The van der Waals surface area contributed by atoms with Gasteiger partial charge in [-0.15, -0.1) is 13.2 Å². The average molecular weight is 418 g/mol. The number of amides is 1. The highest BCUT2D eigenvalue weighted by molar-refractivity contribution is 9.10. The van der Waals surface area contributed by atoms with E-state index in [1.54, 1.807) is 12.1 Å². The molecule has 0 saturated carbocycles. The van der Waals surface area contributed by atoms with Crippen LogP contribution in [0.4, 0.5) is 18.9 Å². The van der Waals surface area contributed by atoms with Crippen molar-refractivity contribution in [2.45, 2.75) is 20.2 Å². The molecule has 25 heavy (non-hydrogen) atoms. The van der Waals surface area contributed by atoms with Crippen LogP contribution in [0.3, 0.4) is 0 Å². The number of halogens is 4. The molecule has 0 bridgehead atoms. The molecule has 0 unspecified atom stereocenters. The van der Waals surface area contributed by atoms with Crippen molar-refractivity contribution in [2.24, 2.45) is 0 Å². The van der Waals surface area contributed by atoms with Gasteiger partial charge in [0.1, 0.15) is 11.5 Å². The summed E-state index contributed by atoms with van der Waals surface area (Å²) in [5, 5.41) is 2.53. The molecule has 2 rings (SSSR count). The van der Waals surface area contributed by atoms with Crippen LogP contribution in [0.1, 0.15) is 11.1 Å². The number of nitrogens with one attached hydrogen (secondary N) is 1. The van der Waals surface area contributed by atoms with Gasteiger partial charge in [-0.1, -0.05) is 15.9 Å². The van der Waals surface area contributed by atoms with E-state index in [2.05, 4.69) is 26.0 Å². The lowest BCUT2D eigenvalue weighted by molar-refractivity contribution is -0.274. The predicted octanol–water partition coefficient (Wildman–Crippen LogP) is 4.98. The lowest BCUT2D eigenvalue weighted by Gasteiger charge is -2.11. The topological polar surface area (TPSA) is 47.6 Å². The fourth-order valence-corrected chi connectivity index (χ4v) is 2.30. The SMILES string of the molecule is Cc1cc(OCC(=O)Nc2ccc(OC(F)(F)F)cc2)cc(C)c1Br. The standard InChI is InChI=1S/C17H15BrF3NO3/c1-10-7-14(8-11(2)16(10)18)24-9-15(23)22-12-3-5-13(6-4-12)25-17(19,20)21/h3-8H,9H2,1-2H3,(H,22,23). The molecule has 2 aromatic rings. The molecule has 0 aliphatic heterocycles. The van der Waals surface area contributed by atoms with Crippen LogP contribution in [-0.4, -0.2) is 18.9 Å². The van der Waals surface area contributed by atoms with E-state index in [0.717, 1.165) is 27.7 Å². The van der Waals surface area contributed by atoms with Crippen LogP contribution in [0.15, 0.2) is 40.9 Å². The quantitative estimate of drug-likeness (QED) is 0.745. The van der Waals surface area contributed by atoms with Crippen LogP contribution in [0, 0.1) is 13.8 Å². The minimum atomic E-state index is -4.75. The zero-order chi connectivity index (χ0) is 18.6. The van der Waals surface area contributed by atoms with Crippen LogP contribution in [0.25, 0.3) is 0 Å². The average Bonchev–Trinajstić information content (AvgIpc) is 2.51. The van der Waals surface area contributed by atoms with E-state index in [4.69, 9.17) is 4.74 Å². The van der Waals surface area contributed by atoms with Gasteiger partial charge in [0.2, 0.25) is 0 Å². The van der Waals surface area contributed by atoms with Crippen molar-refractivity contribution >= 4 is 27.5 Å². The van der Waals surface area contributed by atoms with Gasteiger partial charge in [-0.2, -0.15) is 0 Å². The molecule has 0 aliphatic rings. The number of benzene rings is 2. The fraction of sp³-hybridized carbons (Fsp3) is 0.235. The first-order valence-electron chi connectivity index (χ1n) is 7.19. The Morgan fingerprint density at radius 2 is 1.64 bits per heavy atom. The second-order valence-electron chi connectivity index (χ2n) is 5.28. The zero-order valence-corrected chi connectivity index (χ0v) is 15.0. The first-order valence-corrected chi connectivity index (χ1v) is 7.98. The Bertz CT molecular complexity index is 738. The highest BCUT2D eigenvalue weighted by Crippen LogP contribution is 2.26. The lowest BCUT2D eigenvalue weighted by atomic mass is 10.1. The molecule has 0 heterocycles. The third-order valence-electron chi connectivity index (χ3n) is 3.15. The van der Waals surface area contributed by atoms with Crippen LogP contribution in [0.2, 0.25) is 0 Å². The van der Waals surface area contributed by atoms with Crippen LogP contribution < -0.4 is 14.8 Å². The summed E-state index contributed by atoms with van der Waals surface area (Å²) in [4.78, 5) is 11.9. The molecule has 0 aliphatic carbocycles. The highest BCUT2D eigenvalue weighted by atomic mass is 79.9. The largest absolute Gasteiger partial charge is 0.573 e. The molecule has 0 atom stereocenters. The number of rotatable bonds is 5. The molecule has 2 aromatic carbocycles. The monoisotopic (exact) mass is 417 g/mol. The number of carbonyl (C=O) groups is 1. The number of anilines is 1. The lowest BCUT2D eigenvalue weighted by Crippen LogP contribution is -2.20. The van der Waals surface area contributed by atoms with Crippen molar-refractivity contribution in [3.63, 3.8) is 0 Å². The molecule has 1 amide bonds. The predicted molar refractivity (Wildman–Crippen MR) is 90.9 cm³/mol. The van der Waals surface area contributed by atoms with Gasteiger partial charge in [-0.25, -0.2) is 0 Å².